The van der Waals surface area contributed by atoms with Gasteiger partial charge in [-0.15, -0.1) is 16.4 Å². The number of nitrogens with two attached hydrogens (primary N) is 1. The van der Waals surface area contributed by atoms with Gasteiger partial charge in [0.15, 0.2) is 0 Å². The fraction of sp³-hybridized carbons (Fsp3) is 0.276. The number of imide groups is 1. The number of amides is 3. The van der Waals surface area contributed by atoms with E-state index >= 15 is 0 Å². The van der Waals surface area contributed by atoms with Crippen LogP contribution in [0.4, 0.5) is 32.5 Å². The molecule has 0 radical (unpaired) electrons. The maximum atomic E-state index is 15.0. The zero-order chi connectivity index (χ0) is 32.6. The van der Waals surface area contributed by atoms with Crippen LogP contribution in [0.2, 0.25) is 0 Å². The van der Waals surface area contributed by atoms with Gasteiger partial charge in [0.05, 0.1) is 9.77 Å². The minimum absolute atomic E-state index is 0.0800. The first-order valence-corrected chi connectivity index (χ1v) is 16.6. The number of hydrogen-bond donors (Lipinski definition) is 3. The van der Waals surface area contributed by atoms with Gasteiger partial charge in [-0.25, -0.2) is 17.6 Å². The molecule has 3 amide bonds. The molecule has 2 aliphatic rings. The number of urea groups is 1. The highest BCUT2D eigenvalue weighted by atomic mass is 32.2. The summed E-state index contributed by atoms with van der Waals surface area (Å²) >= 11 is 1.28. The van der Waals surface area contributed by atoms with Crippen LogP contribution in [0, 0.1) is 12.7 Å². The summed E-state index contributed by atoms with van der Waals surface area (Å²) in [6, 6.07) is 11.8. The van der Waals surface area contributed by atoms with Gasteiger partial charge in [-0.3, -0.25) is 24.7 Å². The van der Waals surface area contributed by atoms with Crippen LogP contribution >= 0.6 is 11.3 Å². The summed E-state index contributed by atoms with van der Waals surface area (Å²) < 4.78 is 44.1. The predicted molar refractivity (Wildman–Crippen MR) is 169 cm³/mol. The molecule has 17 heteroatoms. The number of thiophene rings is 1. The number of aryl methyl sites for hydroxylation is 1. The van der Waals surface area contributed by atoms with E-state index in [4.69, 9.17) is 5.73 Å². The van der Waals surface area contributed by atoms with E-state index in [1.54, 1.807) is 29.6 Å². The van der Waals surface area contributed by atoms with E-state index in [0.29, 0.717) is 34.9 Å². The van der Waals surface area contributed by atoms with Crippen molar-refractivity contribution in [1.82, 2.24) is 29.3 Å². The molecule has 46 heavy (non-hydrogen) atoms. The van der Waals surface area contributed by atoms with Crippen molar-refractivity contribution in [2.75, 3.05) is 48.7 Å². The Morgan fingerprint density at radius 1 is 1.07 bits per heavy atom. The largest absolute Gasteiger partial charge is 0.368 e. The van der Waals surface area contributed by atoms with Crippen LogP contribution in [-0.2, 0) is 21.4 Å². The molecule has 0 unspecified atom stereocenters. The minimum atomic E-state index is -3.79. The van der Waals surface area contributed by atoms with Gasteiger partial charge in [0.2, 0.25) is 27.8 Å². The number of piperazine rings is 1. The van der Waals surface area contributed by atoms with Gasteiger partial charge >= 0.3 is 6.03 Å². The van der Waals surface area contributed by atoms with E-state index in [1.165, 1.54) is 38.7 Å². The molecule has 0 aliphatic carbocycles. The average Bonchev–Trinajstić information content (AvgIpc) is 3.63. The predicted octanol–water partition coefficient (Wildman–Crippen LogP) is 2.75. The Hall–Kier alpha value is -4.71. The first-order valence-electron chi connectivity index (χ1n) is 14.3. The van der Waals surface area contributed by atoms with Gasteiger partial charge in [-0.2, -0.15) is 14.0 Å². The Balaban J connectivity index is 1.04. The SMILES string of the molecule is Cc1ccsc1C(=O)n1nc(Nc2ccc(S(=O)(=O)N3CCN(Cc4ccc(N5CCC(=O)NC5=O)cc4F)CC3)cc2)nc1N. The Kier molecular flexibility index (Phi) is 8.56. The molecule has 2 saturated heterocycles. The third-order valence-electron chi connectivity index (χ3n) is 7.76. The Morgan fingerprint density at radius 2 is 1.80 bits per heavy atom. The zero-order valence-electron chi connectivity index (χ0n) is 24.6. The standard InChI is InChI=1S/C29H30FN9O5S2/c1-18-9-15-45-25(18)26(41)39-27(31)34-28(35-39)32-20-3-6-22(7-4-20)46(43,44)37-13-11-36(12-14-37)17-19-2-5-21(16-23(19)30)38-10-8-24(40)33-29(38)42/h2-7,9,15-16H,8,10-14,17H2,1H3,(H,33,40,42)(H3,31,32,34,35). The zero-order valence-corrected chi connectivity index (χ0v) is 26.3. The summed E-state index contributed by atoms with van der Waals surface area (Å²) in [5, 5.41) is 11.1. The number of nitrogens with one attached hydrogen (secondary N) is 2. The highest BCUT2D eigenvalue weighted by Gasteiger charge is 2.29. The second-order valence-corrected chi connectivity index (χ2v) is 13.7. The van der Waals surface area contributed by atoms with Crippen molar-refractivity contribution < 1.29 is 27.2 Å². The molecule has 2 aliphatic heterocycles. The number of nitrogen functional groups attached to an aromatic ring is 1. The smallest absolute Gasteiger partial charge is 0.328 e. The van der Waals surface area contributed by atoms with Crippen LogP contribution in [0.15, 0.2) is 58.8 Å². The van der Waals surface area contributed by atoms with Crippen molar-refractivity contribution in [2.45, 2.75) is 24.8 Å². The van der Waals surface area contributed by atoms with E-state index in [0.717, 1.165) is 10.2 Å². The number of sulfonamides is 1. The van der Waals surface area contributed by atoms with E-state index in [1.807, 2.05) is 17.9 Å². The second kappa shape index (κ2) is 12.6. The van der Waals surface area contributed by atoms with Crippen LogP contribution < -0.4 is 21.3 Å². The molecule has 4 aromatic rings. The minimum Gasteiger partial charge on any atom is -0.368 e. The molecule has 4 N–H and O–H groups in total. The Bertz CT molecular complexity index is 1920. The molecule has 0 saturated carbocycles. The van der Waals surface area contributed by atoms with E-state index in [-0.39, 0.29) is 55.3 Å². The molecule has 0 bridgehead atoms. The highest BCUT2D eigenvalue weighted by Crippen LogP contribution is 2.25. The number of rotatable bonds is 8. The van der Waals surface area contributed by atoms with Gasteiger partial charge in [0.25, 0.3) is 5.91 Å². The molecule has 2 aromatic heterocycles. The summed E-state index contributed by atoms with van der Waals surface area (Å²) in [4.78, 5) is 44.3. The lowest BCUT2D eigenvalue weighted by molar-refractivity contribution is -0.120. The number of halogens is 1. The fourth-order valence-corrected chi connectivity index (χ4v) is 7.49. The van der Waals surface area contributed by atoms with E-state index in [2.05, 4.69) is 20.7 Å². The molecule has 0 atom stereocenters. The van der Waals surface area contributed by atoms with Crippen molar-refractivity contribution in [1.29, 1.82) is 0 Å². The lowest BCUT2D eigenvalue weighted by Crippen LogP contribution is -2.49. The van der Waals surface area contributed by atoms with Crippen molar-refractivity contribution >= 4 is 62.5 Å². The fourth-order valence-electron chi connectivity index (χ4n) is 5.21. The molecule has 240 valence electrons. The van der Waals surface area contributed by atoms with Gasteiger partial charge in [-0.1, -0.05) is 6.07 Å². The summed E-state index contributed by atoms with van der Waals surface area (Å²) in [5.74, 6) is -1.23. The number of hydrogen-bond acceptors (Lipinski definition) is 11. The van der Waals surface area contributed by atoms with Gasteiger partial charge < -0.3 is 11.1 Å². The van der Waals surface area contributed by atoms with Crippen molar-refractivity contribution in [2.24, 2.45) is 0 Å². The van der Waals surface area contributed by atoms with Crippen molar-refractivity contribution in [3.63, 3.8) is 0 Å². The molecule has 2 aromatic carbocycles. The maximum Gasteiger partial charge on any atom is 0.328 e. The third kappa shape index (κ3) is 6.34. The highest BCUT2D eigenvalue weighted by molar-refractivity contribution is 7.89. The quantitative estimate of drug-likeness (QED) is 0.253. The topological polar surface area (TPSA) is 176 Å². The van der Waals surface area contributed by atoms with Crippen LogP contribution in [-0.4, -0.2) is 83.0 Å². The maximum absolute atomic E-state index is 15.0. The molecule has 0 spiro atoms. The molecular weight excluding hydrogens is 638 g/mol. The normalized spacial score (nSPS) is 16.4. The molecular formula is C29H30FN9O5S2. The first-order chi connectivity index (χ1) is 22.0. The number of benzene rings is 2. The summed E-state index contributed by atoms with van der Waals surface area (Å²) in [5.41, 5.74) is 8.01. The number of aromatic nitrogens is 3. The Morgan fingerprint density at radius 3 is 2.46 bits per heavy atom. The Labute approximate surface area is 267 Å². The van der Waals surface area contributed by atoms with E-state index < -0.39 is 27.8 Å². The van der Waals surface area contributed by atoms with E-state index in [9.17, 15) is 27.2 Å². The van der Waals surface area contributed by atoms with Gasteiger partial charge in [0, 0.05) is 62.6 Å². The number of anilines is 4. The molecule has 14 nitrogen and oxygen atoms in total. The second-order valence-electron chi connectivity index (χ2n) is 10.8. The van der Waals surface area contributed by atoms with Crippen LogP contribution in [0.3, 0.4) is 0 Å². The summed E-state index contributed by atoms with van der Waals surface area (Å²) in [6.07, 6.45) is 0.141. The van der Waals surface area contributed by atoms with Gasteiger partial charge in [0.1, 0.15) is 5.82 Å². The summed E-state index contributed by atoms with van der Waals surface area (Å²) in [6.45, 7) is 3.52. The average molecular weight is 668 g/mol. The molecule has 2 fully saturated rings. The molecule has 4 heterocycles. The number of carbonyl (C=O) groups excluding carboxylic acids is 3. The number of nitrogens with zero attached hydrogens (tertiary/aromatic N) is 6. The first kappa shape index (κ1) is 31.3. The van der Waals surface area contributed by atoms with Crippen molar-refractivity contribution in [3.05, 3.63) is 75.7 Å². The lowest BCUT2D eigenvalue weighted by atomic mass is 10.1. The lowest BCUT2D eigenvalue weighted by Gasteiger charge is -2.34. The number of carbonyl (C=O) groups is 3. The van der Waals surface area contributed by atoms with Crippen LogP contribution in [0.25, 0.3) is 0 Å². The van der Waals surface area contributed by atoms with Crippen LogP contribution in [0.5, 0.6) is 0 Å². The van der Waals surface area contributed by atoms with Gasteiger partial charge in [-0.05, 0) is 60.3 Å². The third-order valence-corrected chi connectivity index (χ3v) is 10.7. The van der Waals surface area contributed by atoms with Crippen LogP contribution in [0.1, 0.15) is 27.2 Å². The summed E-state index contributed by atoms with van der Waals surface area (Å²) in [7, 11) is -3.79. The monoisotopic (exact) mass is 667 g/mol. The van der Waals surface area contributed by atoms with Crippen molar-refractivity contribution in [3.8, 4) is 0 Å². The molecule has 6 rings (SSSR count).